The first kappa shape index (κ1) is 25.2. The number of rotatable bonds is 6. The molecule has 4 nitrogen and oxygen atoms in total. The van der Waals surface area contributed by atoms with Crippen molar-refractivity contribution >= 4 is 40.1 Å². The summed E-state index contributed by atoms with van der Waals surface area (Å²) < 4.78 is 47.9. The highest BCUT2D eigenvalue weighted by Crippen LogP contribution is 2.40. The second kappa shape index (κ2) is 9.28. The van der Waals surface area contributed by atoms with Gasteiger partial charge >= 0.3 is 12.1 Å². The Bertz CT molecular complexity index is 1360. The van der Waals surface area contributed by atoms with E-state index in [1.807, 2.05) is 23.6 Å². The Morgan fingerprint density at radius 2 is 1.97 bits per heavy atom. The first-order valence-electron chi connectivity index (χ1n) is 10.8. The van der Waals surface area contributed by atoms with E-state index in [1.54, 1.807) is 30.3 Å². The Kier molecular flexibility index (Phi) is 6.68. The van der Waals surface area contributed by atoms with Gasteiger partial charge < -0.3 is 14.4 Å². The summed E-state index contributed by atoms with van der Waals surface area (Å²) in [5.41, 5.74) is 2.22. The molecule has 9 heteroatoms. The Hall–Kier alpha value is -2.90. The minimum atomic E-state index is -4.48. The van der Waals surface area contributed by atoms with Crippen molar-refractivity contribution in [1.82, 2.24) is 4.57 Å². The molecule has 2 aromatic carbocycles. The van der Waals surface area contributed by atoms with Crippen LogP contribution in [0.5, 0.6) is 5.75 Å². The van der Waals surface area contributed by atoms with Crippen LogP contribution >= 0.6 is 23.2 Å². The number of fused-ring (bicyclic) bond motifs is 1. The van der Waals surface area contributed by atoms with Gasteiger partial charge in [-0.1, -0.05) is 53.6 Å². The normalized spacial score (nSPS) is 17.8. The van der Waals surface area contributed by atoms with Gasteiger partial charge in [0, 0.05) is 41.0 Å². The standard InChI is InChI=1S/C26H22Cl2F3NO3/c1-15-23(17-6-9-19(27)10-7-17)21-11-8-18(26(29,30)31)13-22(21)32(15)14-16-4-3-5-20(12-16)35-25(2,28)24(33)34/h3-6,8-13,17H,7,14H2,1-2H3,(H,33,34). The number of alkyl halides is 4. The largest absolute Gasteiger partial charge is 0.477 e. The van der Waals surface area contributed by atoms with Crippen molar-refractivity contribution in [2.24, 2.45) is 0 Å². The maximum absolute atomic E-state index is 13.5. The minimum Gasteiger partial charge on any atom is -0.477 e. The number of carbonyl (C=O) groups is 1. The molecule has 184 valence electrons. The van der Waals surface area contributed by atoms with E-state index in [4.69, 9.17) is 27.9 Å². The lowest BCUT2D eigenvalue weighted by molar-refractivity contribution is -0.147. The summed E-state index contributed by atoms with van der Waals surface area (Å²) in [5, 5.41) is 8.64. The van der Waals surface area contributed by atoms with E-state index in [2.05, 4.69) is 0 Å². The number of carboxylic acid groups (broad SMARTS) is 1. The van der Waals surface area contributed by atoms with Crippen LogP contribution in [0.2, 0.25) is 0 Å². The van der Waals surface area contributed by atoms with Gasteiger partial charge in [-0.05, 0) is 54.8 Å². The van der Waals surface area contributed by atoms with Gasteiger partial charge in [-0.3, -0.25) is 0 Å². The van der Waals surface area contributed by atoms with Gasteiger partial charge in [-0.2, -0.15) is 13.2 Å². The molecule has 3 aromatic rings. The summed E-state index contributed by atoms with van der Waals surface area (Å²) in [4.78, 5) is 11.3. The molecule has 35 heavy (non-hydrogen) atoms. The fourth-order valence-electron chi connectivity index (χ4n) is 4.32. The van der Waals surface area contributed by atoms with Crippen molar-refractivity contribution in [3.8, 4) is 5.75 Å². The molecule has 1 heterocycles. The van der Waals surface area contributed by atoms with E-state index in [1.165, 1.54) is 19.1 Å². The van der Waals surface area contributed by atoms with E-state index in [0.717, 1.165) is 22.7 Å². The van der Waals surface area contributed by atoms with E-state index in [0.29, 0.717) is 22.5 Å². The van der Waals surface area contributed by atoms with Crippen molar-refractivity contribution in [2.75, 3.05) is 0 Å². The van der Waals surface area contributed by atoms with Gasteiger partial charge in [0.25, 0.3) is 5.06 Å². The van der Waals surface area contributed by atoms with Crippen LogP contribution in [0.3, 0.4) is 0 Å². The summed E-state index contributed by atoms with van der Waals surface area (Å²) in [7, 11) is 0. The number of nitrogens with zero attached hydrogens (tertiary/aromatic N) is 1. The number of hydrogen-bond acceptors (Lipinski definition) is 2. The second-order valence-electron chi connectivity index (χ2n) is 8.58. The monoisotopic (exact) mass is 523 g/mol. The molecular formula is C26H22Cl2F3NO3. The zero-order valence-corrected chi connectivity index (χ0v) is 20.4. The third kappa shape index (κ3) is 5.21. The Balaban J connectivity index is 1.80. The summed E-state index contributed by atoms with van der Waals surface area (Å²) in [6.45, 7) is 3.35. The molecular weight excluding hydrogens is 502 g/mol. The van der Waals surface area contributed by atoms with Crippen molar-refractivity contribution < 1.29 is 27.8 Å². The first-order chi connectivity index (χ1) is 16.4. The SMILES string of the molecule is Cc1c(C2C=CC(Cl)=CC2)c2ccc(C(F)(F)F)cc2n1Cc1cccc(OC(C)(Cl)C(=O)O)c1. The maximum Gasteiger partial charge on any atom is 0.416 e. The maximum atomic E-state index is 13.5. The summed E-state index contributed by atoms with van der Waals surface area (Å²) in [6.07, 6.45) is 1.82. The zero-order valence-electron chi connectivity index (χ0n) is 18.9. The Labute approximate surface area is 210 Å². The van der Waals surface area contributed by atoms with Crippen LogP contribution < -0.4 is 4.74 Å². The van der Waals surface area contributed by atoms with Gasteiger partial charge in [-0.25, -0.2) is 4.79 Å². The molecule has 2 unspecified atom stereocenters. The topological polar surface area (TPSA) is 51.5 Å². The second-order valence-corrected chi connectivity index (χ2v) is 9.73. The van der Waals surface area contributed by atoms with E-state index >= 15 is 0 Å². The lowest BCUT2D eigenvalue weighted by Gasteiger charge is -2.19. The number of ether oxygens (including phenoxy) is 1. The van der Waals surface area contributed by atoms with Crippen LogP contribution in [0.25, 0.3) is 10.9 Å². The molecule has 1 aliphatic rings. The number of hydrogen-bond donors (Lipinski definition) is 1. The van der Waals surface area contributed by atoms with E-state index in [-0.39, 0.29) is 18.2 Å². The van der Waals surface area contributed by atoms with Gasteiger partial charge in [0.15, 0.2) is 0 Å². The molecule has 0 saturated carbocycles. The highest BCUT2D eigenvalue weighted by molar-refractivity contribution is 6.32. The van der Waals surface area contributed by atoms with Crippen LogP contribution in [0.1, 0.15) is 41.6 Å². The van der Waals surface area contributed by atoms with Crippen LogP contribution in [0.15, 0.2) is 65.7 Å². The smallest absolute Gasteiger partial charge is 0.416 e. The highest BCUT2D eigenvalue weighted by Gasteiger charge is 2.33. The number of halogens is 5. The molecule has 1 N–H and O–H groups in total. The van der Waals surface area contributed by atoms with Gasteiger partial charge in [0.05, 0.1) is 5.56 Å². The number of aliphatic carboxylic acids is 1. The molecule has 2 atom stereocenters. The quantitative estimate of drug-likeness (QED) is 0.338. The van der Waals surface area contributed by atoms with Crippen molar-refractivity contribution in [1.29, 1.82) is 0 Å². The predicted molar refractivity (Wildman–Crippen MR) is 130 cm³/mol. The van der Waals surface area contributed by atoms with Crippen LogP contribution in [-0.4, -0.2) is 20.7 Å². The molecule has 1 aliphatic carbocycles. The fraction of sp³-hybridized carbons (Fsp3) is 0.269. The van der Waals surface area contributed by atoms with Gasteiger partial charge in [-0.15, -0.1) is 0 Å². The average molecular weight is 524 g/mol. The summed E-state index contributed by atoms with van der Waals surface area (Å²) >= 11 is 12.0. The Morgan fingerprint density at radius 3 is 2.60 bits per heavy atom. The lowest BCUT2D eigenvalue weighted by atomic mass is 9.90. The van der Waals surface area contributed by atoms with E-state index in [9.17, 15) is 23.1 Å². The summed E-state index contributed by atoms with van der Waals surface area (Å²) in [5.74, 6) is -1.13. The van der Waals surface area contributed by atoms with E-state index < -0.39 is 22.8 Å². The van der Waals surface area contributed by atoms with Crippen molar-refractivity contribution in [2.45, 2.75) is 44.0 Å². The fourth-order valence-corrected chi connectivity index (χ4v) is 4.57. The molecule has 0 bridgehead atoms. The van der Waals surface area contributed by atoms with Gasteiger partial charge in [0.1, 0.15) is 5.75 Å². The minimum absolute atomic E-state index is 0.0276. The molecule has 0 aliphatic heterocycles. The van der Waals surface area contributed by atoms with Crippen LogP contribution in [0, 0.1) is 6.92 Å². The molecule has 0 spiro atoms. The number of benzene rings is 2. The number of carboxylic acids is 1. The van der Waals surface area contributed by atoms with Crippen LogP contribution in [0.4, 0.5) is 13.2 Å². The number of aromatic nitrogens is 1. The number of allylic oxidation sites excluding steroid dienone is 4. The molecule has 0 radical (unpaired) electrons. The molecule has 4 rings (SSSR count). The molecule has 0 amide bonds. The predicted octanol–water partition coefficient (Wildman–Crippen LogP) is 7.60. The first-order valence-corrected chi connectivity index (χ1v) is 11.6. The average Bonchev–Trinajstić information content (AvgIpc) is 3.04. The molecule has 1 aromatic heterocycles. The highest BCUT2D eigenvalue weighted by atomic mass is 35.5. The molecule has 0 fully saturated rings. The third-order valence-corrected chi connectivity index (χ3v) is 6.58. The van der Waals surface area contributed by atoms with Crippen molar-refractivity contribution in [3.05, 3.63) is 88.1 Å². The van der Waals surface area contributed by atoms with Gasteiger partial charge in [0.2, 0.25) is 0 Å². The lowest BCUT2D eigenvalue weighted by Crippen LogP contribution is -2.35. The Morgan fingerprint density at radius 1 is 1.23 bits per heavy atom. The van der Waals surface area contributed by atoms with Crippen LogP contribution in [-0.2, 0) is 17.5 Å². The van der Waals surface area contributed by atoms with Crippen molar-refractivity contribution in [3.63, 3.8) is 0 Å². The molecule has 0 saturated heterocycles. The zero-order chi connectivity index (χ0) is 25.5. The third-order valence-electron chi connectivity index (χ3n) is 6.06. The summed E-state index contributed by atoms with van der Waals surface area (Å²) in [6, 6.07) is 10.5.